The summed E-state index contributed by atoms with van der Waals surface area (Å²) in [6.45, 7) is 1.90. The molecule has 0 saturated heterocycles. The molecular formula is C23H24N4O4S. The average molecular weight is 453 g/mol. The number of amides is 2. The van der Waals surface area contributed by atoms with Crippen molar-refractivity contribution in [1.29, 1.82) is 0 Å². The van der Waals surface area contributed by atoms with Gasteiger partial charge in [-0.2, -0.15) is 0 Å². The third kappa shape index (κ3) is 5.64. The Labute approximate surface area is 187 Å². The number of carbonyl (C=O) groups excluding carboxylic acids is 2. The van der Waals surface area contributed by atoms with Gasteiger partial charge in [0.2, 0.25) is 0 Å². The van der Waals surface area contributed by atoms with E-state index in [0.717, 1.165) is 11.3 Å². The Kier molecular flexibility index (Phi) is 6.79. The van der Waals surface area contributed by atoms with Crippen LogP contribution in [-0.4, -0.2) is 34.3 Å². The number of hydrogen-bond acceptors (Lipinski definition) is 5. The van der Waals surface area contributed by atoms with Gasteiger partial charge in [0.15, 0.2) is 0 Å². The quantitative estimate of drug-likeness (QED) is 0.499. The van der Waals surface area contributed by atoms with Crippen LogP contribution in [0.2, 0.25) is 0 Å². The first-order valence-electron chi connectivity index (χ1n) is 9.73. The Balaban J connectivity index is 1.69. The molecule has 0 unspecified atom stereocenters. The van der Waals surface area contributed by atoms with Crippen molar-refractivity contribution in [3.8, 4) is 0 Å². The summed E-state index contributed by atoms with van der Waals surface area (Å²) in [4.78, 5) is 26.6. The van der Waals surface area contributed by atoms with E-state index in [0.29, 0.717) is 11.3 Å². The van der Waals surface area contributed by atoms with Crippen LogP contribution in [0, 0.1) is 6.92 Å². The fourth-order valence-electron chi connectivity index (χ4n) is 2.82. The molecule has 0 bridgehead atoms. The van der Waals surface area contributed by atoms with Crippen molar-refractivity contribution >= 4 is 33.2 Å². The predicted molar refractivity (Wildman–Crippen MR) is 124 cm³/mol. The van der Waals surface area contributed by atoms with Gasteiger partial charge in [-0.15, -0.1) is 0 Å². The standard InChI is InChI=1S/C23H24N4O4S/c1-16-10-12-19(13-11-16)26-32(30,31)21-9-5-7-18(15-21)23(29)25-24-22(28)17-6-4-8-20(14-17)27(2)3/h4-15,26H,1-3H3,(H,24,28)(H,25,29). The molecule has 0 fully saturated rings. The second-order valence-corrected chi connectivity index (χ2v) is 9.03. The molecule has 3 rings (SSSR count). The molecule has 0 heterocycles. The summed E-state index contributed by atoms with van der Waals surface area (Å²) < 4.78 is 27.8. The normalized spacial score (nSPS) is 10.8. The van der Waals surface area contributed by atoms with Crippen molar-refractivity contribution in [3.63, 3.8) is 0 Å². The number of rotatable bonds is 6. The smallest absolute Gasteiger partial charge is 0.269 e. The summed E-state index contributed by atoms with van der Waals surface area (Å²) in [6.07, 6.45) is 0. The molecule has 32 heavy (non-hydrogen) atoms. The zero-order valence-electron chi connectivity index (χ0n) is 17.9. The second-order valence-electron chi connectivity index (χ2n) is 7.35. The third-order valence-corrected chi connectivity index (χ3v) is 6.00. The minimum absolute atomic E-state index is 0.0734. The number of sulfonamides is 1. The van der Waals surface area contributed by atoms with Gasteiger partial charge in [0.05, 0.1) is 4.90 Å². The topological polar surface area (TPSA) is 108 Å². The molecule has 0 radical (unpaired) electrons. The number of nitrogens with zero attached hydrogens (tertiary/aromatic N) is 1. The van der Waals surface area contributed by atoms with Gasteiger partial charge < -0.3 is 4.90 Å². The minimum atomic E-state index is -3.89. The fourth-order valence-corrected chi connectivity index (χ4v) is 3.93. The molecule has 0 atom stereocenters. The van der Waals surface area contributed by atoms with Crippen LogP contribution in [0.1, 0.15) is 26.3 Å². The summed E-state index contributed by atoms with van der Waals surface area (Å²) in [6, 6.07) is 19.3. The Morgan fingerprint density at radius 3 is 1.94 bits per heavy atom. The Hall–Kier alpha value is -3.85. The molecule has 0 aromatic heterocycles. The maximum Gasteiger partial charge on any atom is 0.269 e. The average Bonchev–Trinajstić information content (AvgIpc) is 2.78. The fraction of sp³-hybridized carbons (Fsp3) is 0.130. The Morgan fingerprint density at radius 2 is 1.34 bits per heavy atom. The van der Waals surface area contributed by atoms with E-state index in [2.05, 4.69) is 15.6 Å². The van der Waals surface area contributed by atoms with E-state index in [4.69, 9.17) is 0 Å². The number of aryl methyl sites for hydroxylation is 1. The van der Waals surface area contributed by atoms with Crippen LogP contribution in [0.4, 0.5) is 11.4 Å². The summed E-state index contributed by atoms with van der Waals surface area (Å²) in [5.74, 6) is -1.14. The van der Waals surface area contributed by atoms with Crippen molar-refractivity contribution in [2.45, 2.75) is 11.8 Å². The molecule has 8 nitrogen and oxygen atoms in total. The van der Waals surface area contributed by atoms with Gasteiger partial charge in [-0.1, -0.05) is 29.8 Å². The maximum absolute atomic E-state index is 12.7. The van der Waals surface area contributed by atoms with Gasteiger partial charge >= 0.3 is 0 Å². The molecule has 0 aliphatic carbocycles. The van der Waals surface area contributed by atoms with Crippen LogP contribution in [0.5, 0.6) is 0 Å². The van der Waals surface area contributed by atoms with Crippen LogP contribution < -0.4 is 20.5 Å². The van der Waals surface area contributed by atoms with E-state index < -0.39 is 21.8 Å². The van der Waals surface area contributed by atoms with Crippen LogP contribution in [0.15, 0.2) is 77.7 Å². The van der Waals surface area contributed by atoms with E-state index in [1.54, 1.807) is 42.5 Å². The van der Waals surface area contributed by atoms with Crippen LogP contribution in [0.25, 0.3) is 0 Å². The summed E-state index contributed by atoms with van der Waals surface area (Å²) >= 11 is 0. The Bertz CT molecular complexity index is 1240. The highest BCUT2D eigenvalue weighted by Gasteiger charge is 2.17. The second kappa shape index (κ2) is 9.52. The summed E-state index contributed by atoms with van der Waals surface area (Å²) in [7, 11) is -0.182. The minimum Gasteiger partial charge on any atom is -0.378 e. The molecule has 3 aromatic rings. The van der Waals surface area contributed by atoms with Gasteiger partial charge in [-0.05, 0) is 55.5 Å². The number of carbonyl (C=O) groups is 2. The van der Waals surface area contributed by atoms with Crippen molar-refractivity contribution in [2.75, 3.05) is 23.7 Å². The van der Waals surface area contributed by atoms with E-state index in [1.807, 2.05) is 32.0 Å². The highest BCUT2D eigenvalue weighted by molar-refractivity contribution is 7.92. The van der Waals surface area contributed by atoms with E-state index in [9.17, 15) is 18.0 Å². The molecule has 166 valence electrons. The maximum atomic E-state index is 12.7. The molecular weight excluding hydrogens is 428 g/mol. The SMILES string of the molecule is Cc1ccc(NS(=O)(=O)c2cccc(C(=O)NNC(=O)c3cccc(N(C)C)c3)c2)cc1. The first kappa shape index (κ1) is 22.8. The highest BCUT2D eigenvalue weighted by Crippen LogP contribution is 2.18. The number of anilines is 2. The monoisotopic (exact) mass is 452 g/mol. The third-order valence-electron chi connectivity index (χ3n) is 4.62. The number of hydrazine groups is 1. The number of nitrogens with one attached hydrogen (secondary N) is 3. The van der Waals surface area contributed by atoms with Gasteiger partial charge in [-0.3, -0.25) is 25.2 Å². The molecule has 3 N–H and O–H groups in total. The lowest BCUT2D eigenvalue weighted by Crippen LogP contribution is -2.41. The van der Waals surface area contributed by atoms with Crippen LogP contribution in [-0.2, 0) is 10.0 Å². The molecule has 0 saturated carbocycles. The van der Waals surface area contributed by atoms with E-state index in [1.165, 1.54) is 24.3 Å². The highest BCUT2D eigenvalue weighted by atomic mass is 32.2. The summed E-state index contributed by atoms with van der Waals surface area (Å²) in [5.41, 5.74) is 7.36. The van der Waals surface area contributed by atoms with Gasteiger partial charge in [0.1, 0.15) is 0 Å². The zero-order chi connectivity index (χ0) is 23.3. The molecule has 0 aliphatic rings. The number of benzene rings is 3. The van der Waals surface area contributed by atoms with E-state index in [-0.39, 0.29) is 10.5 Å². The summed E-state index contributed by atoms with van der Waals surface area (Å²) in [5, 5.41) is 0. The number of hydrogen-bond donors (Lipinski definition) is 3. The molecule has 3 aromatic carbocycles. The first-order valence-corrected chi connectivity index (χ1v) is 11.2. The molecule has 2 amide bonds. The van der Waals surface area contributed by atoms with Crippen molar-refractivity contribution in [1.82, 2.24) is 10.9 Å². The lowest BCUT2D eigenvalue weighted by molar-refractivity contribution is 0.0846. The van der Waals surface area contributed by atoms with Crippen molar-refractivity contribution in [3.05, 3.63) is 89.5 Å². The van der Waals surface area contributed by atoms with Crippen molar-refractivity contribution in [2.24, 2.45) is 0 Å². The molecule has 0 spiro atoms. The van der Waals surface area contributed by atoms with Crippen LogP contribution >= 0.6 is 0 Å². The molecule has 9 heteroatoms. The lowest BCUT2D eigenvalue weighted by atomic mass is 10.2. The Morgan fingerprint density at radius 1 is 0.781 bits per heavy atom. The first-order chi connectivity index (χ1) is 15.2. The largest absolute Gasteiger partial charge is 0.378 e. The molecule has 0 aliphatic heterocycles. The van der Waals surface area contributed by atoms with Gasteiger partial charge in [0.25, 0.3) is 21.8 Å². The van der Waals surface area contributed by atoms with Crippen LogP contribution in [0.3, 0.4) is 0 Å². The van der Waals surface area contributed by atoms with E-state index >= 15 is 0 Å². The van der Waals surface area contributed by atoms with Gasteiger partial charge in [0, 0.05) is 36.6 Å². The predicted octanol–water partition coefficient (Wildman–Crippen LogP) is 2.94. The lowest BCUT2D eigenvalue weighted by Gasteiger charge is -2.14. The zero-order valence-corrected chi connectivity index (χ0v) is 18.7. The van der Waals surface area contributed by atoms with Crippen molar-refractivity contribution < 1.29 is 18.0 Å². The van der Waals surface area contributed by atoms with Gasteiger partial charge in [-0.25, -0.2) is 8.42 Å².